The van der Waals surface area contributed by atoms with Crippen LogP contribution in [0.4, 0.5) is 26.3 Å². The van der Waals surface area contributed by atoms with Gasteiger partial charge in [-0.2, -0.15) is 26.3 Å². The van der Waals surface area contributed by atoms with Crippen molar-refractivity contribution in [3.8, 4) is 0 Å². The summed E-state index contributed by atoms with van der Waals surface area (Å²) in [5, 5.41) is 10.6. The van der Waals surface area contributed by atoms with Crippen LogP contribution in [0.2, 0.25) is 0 Å². The average Bonchev–Trinajstić information content (AvgIpc) is 2.32. The normalized spacial score (nSPS) is 14.0. The molecule has 1 atom stereocenters. The summed E-state index contributed by atoms with van der Waals surface area (Å²) < 4.78 is 74.3. The molecular weight excluding hydrogens is 304 g/mol. The Hall–Kier alpha value is -1.77. The van der Waals surface area contributed by atoms with E-state index in [9.17, 15) is 31.1 Å². The Morgan fingerprint density at radius 3 is 2.29 bits per heavy atom. The first kappa shape index (κ1) is 17.3. The highest BCUT2D eigenvalue weighted by atomic mass is 19.4. The summed E-state index contributed by atoms with van der Waals surface area (Å²) in [5.74, 6) is -4.65. The summed E-state index contributed by atoms with van der Waals surface area (Å²) in [4.78, 5) is 10.5. The van der Waals surface area contributed by atoms with Crippen molar-refractivity contribution in [2.24, 2.45) is 5.92 Å². The molecule has 3 nitrogen and oxygen atoms in total. The SMILES string of the molecule is O=C(O)C(CNCc1cccc(C(F)(F)F)c1)C(F)(F)F. The molecule has 0 aliphatic carbocycles. The largest absolute Gasteiger partial charge is 0.481 e. The van der Waals surface area contributed by atoms with E-state index < -0.39 is 36.3 Å². The molecule has 1 unspecified atom stereocenters. The van der Waals surface area contributed by atoms with Crippen molar-refractivity contribution < 1.29 is 36.2 Å². The molecule has 21 heavy (non-hydrogen) atoms. The predicted octanol–water partition coefficient (Wildman–Crippen LogP) is 3.06. The highest BCUT2D eigenvalue weighted by Gasteiger charge is 2.44. The van der Waals surface area contributed by atoms with E-state index >= 15 is 0 Å². The molecule has 0 bridgehead atoms. The molecule has 0 spiro atoms. The minimum atomic E-state index is -4.92. The zero-order valence-electron chi connectivity index (χ0n) is 10.4. The second-order valence-electron chi connectivity index (χ2n) is 4.26. The number of aliphatic carboxylic acids is 1. The lowest BCUT2D eigenvalue weighted by molar-refractivity contribution is -0.192. The first-order chi connectivity index (χ1) is 9.51. The number of carboxylic acid groups (broad SMARTS) is 1. The van der Waals surface area contributed by atoms with Gasteiger partial charge >= 0.3 is 18.3 Å². The van der Waals surface area contributed by atoms with E-state index in [4.69, 9.17) is 5.11 Å². The van der Waals surface area contributed by atoms with Crippen LogP contribution in [0.15, 0.2) is 24.3 Å². The van der Waals surface area contributed by atoms with E-state index in [1.807, 2.05) is 0 Å². The van der Waals surface area contributed by atoms with Gasteiger partial charge in [0, 0.05) is 13.1 Å². The number of rotatable bonds is 5. The van der Waals surface area contributed by atoms with Crippen LogP contribution in [0.5, 0.6) is 0 Å². The summed E-state index contributed by atoms with van der Waals surface area (Å²) in [5.41, 5.74) is -0.816. The minimum absolute atomic E-state index is 0.108. The van der Waals surface area contributed by atoms with E-state index in [1.165, 1.54) is 6.07 Å². The van der Waals surface area contributed by atoms with Crippen LogP contribution < -0.4 is 5.32 Å². The van der Waals surface area contributed by atoms with E-state index in [0.717, 1.165) is 18.2 Å². The lowest BCUT2D eigenvalue weighted by atomic mass is 10.1. The lowest BCUT2D eigenvalue weighted by Gasteiger charge is -2.16. The van der Waals surface area contributed by atoms with Crippen LogP contribution >= 0.6 is 0 Å². The summed E-state index contributed by atoms with van der Waals surface area (Å²) in [6, 6.07) is 4.04. The van der Waals surface area contributed by atoms with Crippen molar-refractivity contribution >= 4 is 5.97 Å². The molecule has 9 heteroatoms. The Balaban J connectivity index is 2.66. The Kier molecular flexibility index (Phi) is 5.21. The van der Waals surface area contributed by atoms with Crippen molar-refractivity contribution in [3.05, 3.63) is 35.4 Å². The maximum atomic E-state index is 12.4. The zero-order chi connectivity index (χ0) is 16.3. The monoisotopic (exact) mass is 315 g/mol. The molecule has 118 valence electrons. The van der Waals surface area contributed by atoms with E-state index in [2.05, 4.69) is 5.32 Å². The third-order valence-electron chi connectivity index (χ3n) is 2.63. The highest BCUT2D eigenvalue weighted by Crippen LogP contribution is 2.29. The van der Waals surface area contributed by atoms with Crippen molar-refractivity contribution in [3.63, 3.8) is 0 Å². The summed E-state index contributed by atoms with van der Waals surface area (Å²) in [6.45, 7) is -1.22. The second kappa shape index (κ2) is 6.33. The van der Waals surface area contributed by atoms with Crippen molar-refractivity contribution in [2.75, 3.05) is 6.54 Å². The Bertz CT molecular complexity index is 497. The van der Waals surface area contributed by atoms with Crippen molar-refractivity contribution in [1.82, 2.24) is 5.32 Å². The third-order valence-corrected chi connectivity index (χ3v) is 2.63. The number of nitrogens with one attached hydrogen (secondary N) is 1. The number of carbonyl (C=O) groups is 1. The molecule has 0 aromatic heterocycles. The Morgan fingerprint density at radius 1 is 1.19 bits per heavy atom. The smallest absolute Gasteiger partial charge is 0.416 e. The quantitative estimate of drug-likeness (QED) is 0.821. The predicted molar refractivity (Wildman–Crippen MR) is 60.3 cm³/mol. The first-order valence-corrected chi connectivity index (χ1v) is 5.68. The summed E-state index contributed by atoms with van der Waals surface area (Å²) >= 11 is 0. The lowest BCUT2D eigenvalue weighted by Crippen LogP contribution is -2.38. The van der Waals surface area contributed by atoms with Crippen LogP contribution in [0.3, 0.4) is 0 Å². The molecule has 2 N–H and O–H groups in total. The van der Waals surface area contributed by atoms with Gasteiger partial charge in [-0.3, -0.25) is 4.79 Å². The van der Waals surface area contributed by atoms with Crippen LogP contribution in [0.1, 0.15) is 11.1 Å². The minimum Gasteiger partial charge on any atom is -0.481 e. The molecule has 0 aliphatic heterocycles. The number of hydrogen-bond donors (Lipinski definition) is 2. The van der Waals surface area contributed by atoms with Gasteiger partial charge in [-0.1, -0.05) is 18.2 Å². The Labute approximate surface area is 115 Å². The molecule has 0 radical (unpaired) electrons. The number of carboxylic acids is 1. The topological polar surface area (TPSA) is 49.3 Å². The molecule has 1 aromatic carbocycles. The van der Waals surface area contributed by atoms with Crippen LogP contribution in [0, 0.1) is 5.92 Å². The molecule has 0 saturated carbocycles. The van der Waals surface area contributed by atoms with Crippen LogP contribution in [-0.2, 0) is 17.5 Å². The first-order valence-electron chi connectivity index (χ1n) is 5.68. The second-order valence-corrected chi connectivity index (χ2v) is 4.26. The number of benzene rings is 1. The van der Waals surface area contributed by atoms with Gasteiger partial charge in [0.05, 0.1) is 5.56 Å². The standard InChI is InChI=1S/C12H11F6NO2/c13-11(14,15)8-3-1-2-7(4-8)5-19-6-9(10(20)21)12(16,17)18/h1-4,9,19H,5-6H2,(H,20,21). The molecule has 0 saturated heterocycles. The van der Waals surface area contributed by atoms with Gasteiger partial charge in [-0.15, -0.1) is 0 Å². The van der Waals surface area contributed by atoms with E-state index in [0.29, 0.717) is 0 Å². The Morgan fingerprint density at radius 2 is 1.81 bits per heavy atom. The maximum absolute atomic E-state index is 12.4. The van der Waals surface area contributed by atoms with Gasteiger partial charge in [-0.05, 0) is 11.6 Å². The molecule has 1 rings (SSSR count). The molecular formula is C12H11F6NO2. The van der Waals surface area contributed by atoms with Crippen LogP contribution in [-0.4, -0.2) is 23.8 Å². The van der Waals surface area contributed by atoms with Gasteiger partial charge in [0.1, 0.15) is 0 Å². The van der Waals surface area contributed by atoms with E-state index in [1.54, 1.807) is 0 Å². The fourth-order valence-corrected chi connectivity index (χ4v) is 1.56. The molecule has 0 heterocycles. The fourth-order valence-electron chi connectivity index (χ4n) is 1.56. The van der Waals surface area contributed by atoms with Crippen molar-refractivity contribution in [2.45, 2.75) is 18.9 Å². The molecule has 0 aliphatic rings. The summed E-state index contributed by atoms with van der Waals surface area (Å²) in [7, 11) is 0. The number of halogens is 6. The number of hydrogen-bond acceptors (Lipinski definition) is 2. The zero-order valence-corrected chi connectivity index (χ0v) is 10.4. The maximum Gasteiger partial charge on any atom is 0.416 e. The molecule has 0 fully saturated rings. The molecule has 1 aromatic rings. The number of alkyl halides is 6. The highest BCUT2D eigenvalue weighted by molar-refractivity contribution is 5.71. The van der Waals surface area contributed by atoms with E-state index in [-0.39, 0.29) is 12.1 Å². The van der Waals surface area contributed by atoms with Crippen LogP contribution in [0.25, 0.3) is 0 Å². The summed E-state index contributed by atoms with van der Waals surface area (Å²) in [6.07, 6.45) is -9.47. The molecule has 0 amide bonds. The van der Waals surface area contributed by atoms with Gasteiger partial charge < -0.3 is 10.4 Å². The third kappa shape index (κ3) is 5.25. The van der Waals surface area contributed by atoms with Gasteiger partial charge in [-0.25, -0.2) is 0 Å². The van der Waals surface area contributed by atoms with Gasteiger partial charge in [0.15, 0.2) is 5.92 Å². The average molecular weight is 315 g/mol. The van der Waals surface area contributed by atoms with Crippen molar-refractivity contribution in [1.29, 1.82) is 0 Å². The van der Waals surface area contributed by atoms with Gasteiger partial charge in [0.25, 0.3) is 0 Å². The van der Waals surface area contributed by atoms with Gasteiger partial charge in [0.2, 0.25) is 0 Å². The fraction of sp³-hybridized carbons (Fsp3) is 0.417.